The van der Waals surface area contributed by atoms with Crippen LogP contribution in [-0.2, 0) is 0 Å². The van der Waals surface area contributed by atoms with Crippen molar-refractivity contribution in [1.29, 1.82) is 0 Å². The molecule has 132 valence electrons. The first-order valence-electron chi connectivity index (χ1n) is 8.35. The highest BCUT2D eigenvalue weighted by molar-refractivity contribution is 7.80. The molecule has 2 heterocycles. The zero-order valence-electron chi connectivity index (χ0n) is 15.3. The maximum Gasteiger partial charge on any atom is 0.109 e. The van der Waals surface area contributed by atoms with Gasteiger partial charge in [0.05, 0.1) is 5.54 Å². The molecule has 1 aromatic rings. The average Bonchev–Trinajstić information content (AvgIpc) is 2.52. The second-order valence-electron chi connectivity index (χ2n) is 7.37. The lowest BCUT2D eigenvalue weighted by atomic mass is 9.88. The number of halogens is 1. The number of rotatable bonds is 1. The van der Waals surface area contributed by atoms with Gasteiger partial charge in [0.15, 0.2) is 0 Å². The lowest BCUT2D eigenvalue weighted by Gasteiger charge is -2.41. The van der Waals surface area contributed by atoms with Crippen LogP contribution >= 0.6 is 24.6 Å². The number of hydrogen-bond donors (Lipinski definition) is 0. The van der Waals surface area contributed by atoms with E-state index in [-0.39, 0.29) is 17.9 Å². The summed E-state index contributed by atoms with van der Waals surface area (Å²) >= 11 is 5.77. The van der Waals surface area contributed by atoms with Gasteiger partial charge < -0.3 is 14.7 Å². The zero-order valence-corrected chi connectivity index (χ0v) is 16.9. The van der Waals surface area contributed by atoms with Crippen molar-refractivity contribution >= 4 is 40.9 Å². The van der Waals surface area contributed by atoms with Crippen LogP contribution in [0.2, 0.25) is 0 Å². The van der Waals surface area contributed by atoms with E-state index in [1.54, 1.807) is 0 Å². The average molecular weight is 366 g/mol. The van der Waals surface area contributed by atoms with E-state index in [2.05, 4.69) is 73.8 Å². The van der Waals surface area contributed by atoms with Crippen LogP contribution in [0.3, 0.4) is 0 Å². The van der Waals surface area contributed by atoms with Gasteiger partial charge in [-0.2, -0.15) is 0 Å². The third-order valence-corrected chi connectivity index (χ3v) is 5.75. The van der Waals surface area contributed by atoms with Gasteiger partial charge in [0.1, 0.15) is 4.99 Å². The van der Waals surface area contributed by atoms with Crippen LogP contribution in [0.5, 0.6) is 0 Å². The molecule has 1 fully saturated rings. The van der Waals surface area contributed by atoms with Crippen LogP contribution in [0.15, 0.2) is 24.3 Å². The number of thiocarbonyl (C=S) groups is 1. The molecule has 5 heteroatoms. The number of anilines is 1. The Hall–Kier alpha value is -1.10. The second-order valence-corrected chi connectivity index (χ2v) is 7.75. The Bertz CT molecular complexity index is 661. The van der Waals surface area contributed by atoms with E-state index in [9.17, 15) is 0 Å². The summed E-state index contributed by atoms with van der Waals surface area (Å²) in [5, 5.41) is 0. The SMILES string of the molecule is CC1=CC(C)(C)N(C)c2ccc(C(=S)N3CCN(C)CC3)cc21.Cl. The molecule has 0 radical (unpaired) electrons. The van der Waals surface area contributed by atoms with Crippen molar-refractivity contribution < 1.29 is 0 Å². The zero-order chi connectivity index (χ0) is 16.8. The fraction of sp³-hybridized carbons (Fsp3) is 0.526. The molecule has 0 saturated carbocycles. The summed E-state index contributed by atoms with van der Waals surface area (Å²) in [5.74, 6) is 0. The molecule has 1 saturated heterocycles. The maximum absolute atomic E-state index is 5.77. The van der Waals surface area contributed by atoms with E-state index in [1.807, 2.05) is 0 Å². The smallest absolute Gasteiger partial charge is 0.109 e. The van der Waals surface area contributed by atoms with Crippen molar-refractivity contribution in [3.05, 3.63) is 35.4 Å². The van der Waals surface area contributed by atoms with E-state index < -0.39 is 0 Å². The number of likely N-dealkylation sites (N-methyl/N-ethyl adjacent to an activating group) is 2. The van der Waals surface area contributed by atoms with E-state index >= 15 is 0 Å². The van der Waals surface area contributed by atoms with Gasteiger partial charge in [0, 0.05) is 50.0 Å². The highest BCUT2D eigenvalue weighted by Crippen LogP contribution is 2.38. The quantitative estimate of drug-likeness (QED) is 0.702. The topological polar surface area (TPSA) is 9.72 Å². The minimum absolute atomic E-state index is 0. The fourth-order valence-corrected chi connectivity index (χ4v) is 3.79. The summed E-state index contributed by atoms with van der Waals surface area (Å²) < 4.78 is 0. The Balaban J connectivity index is 0.00000208. The summed E-state index contributed by atoms with van der Waals surface area (Å²) in [6.45, 7) is 10.9. The number of nitrogens with zero attached hydrogens (tertiary/aromatic N) is 3. The molecular weight excluding hydrogens is 338 g/mol. The number of benzene rings is 1. The molecule has 0 unspecified atom stereocenters. The number of fused-ring (bicyclic) bond motifs is 1. The maximum atomic E-state index is 5.77. The van der Waals surface area contributed by atoms with Crippen molar-refractivity contribution in [1.82, 2.24) is 9.80 Å². The molecule has 0 aromatic heterocycles. The van der Waals surface area contributed by atoms with Gasteiger partial charge in [-0.3, -0.25) is 0 Å². The van der Waals surface area contributed by atoms with Gasteiger partial charge in [0.25, 0.3) is 0 Å². The van der Waals surface area contributed by atoms with E-state index in [4.69, 9.17) is 12.2 Å². The van der Waals surface area contributed by atoms with Crippen LogP contribution in [-0.4, -0.2) is 60.6 Å². The summed E-state index contributed by atoms with van der Waals surface area (Å²) in [5.41, 5.74) is 5.16. The highest BCUT2D eigenvalue weighted by Gasteiger charge is 2.29. The Kier molecular flexibility index (Phi) is 5.63. The van der Waals surface area contributed by atoms with Crippen LogP contribution in [0.25, 0.3) is 5.57 Å². The van der Waals surface area contributed by atoms with Crippen molar-refractivity contribution in [2.24, 2.45) is 0 Å². The molecule has 0 atom stereocenters. The summed E-state index contributed by atoms with van der Waals surface area (Å²) in [7, 11) is 4.34. The first-order valence-corrected chi connectivity index (χ1v) is 8.76. The molecule has 3 nitrogen and oxygen atoms in total. The molecule has 0 N–H and O–H groups in total. The molecule has 0 aliphatic carbocycles. The number of allylic oxidation sites excluding steroid dienone is 1. The molecule has 0 amide bonds. The molecule has 1 aromatic carbocycles. The normalized spacial score (nSPS) is 20.1. The Morgan fingerprint density at radius 2 is 1.71 bits per heavy atom. The van der Waals surface area contributed by atoms with Crippen molar-refractivity contribution in [3.8, 4) is 0 Å². The Morgan fingerprint density at radius 1 is 1.08 bits per heavy atom. The monoisotopic (exact) mass is 365 g/mol. The lowest BCUT2D eigenvalue weighted by molar-refractivity contribution is 0.218. The third kappa shape index (κ3) is 3.46. The Labute approximate surface area is 157 Å². The minimum Gasteiger partial charge on any atom is -0.366 e. The summed E-state index contributed by atoms with van der Waals surface area (Å²) in [6, 6.07) is 6.68. The van der Waals surface area contributed by atoms with Gasteiger partial charge in [-0.1, -0.05) is 18.3 Å². The van der Waals surface area contributed by atoms with E-state index in [1.165, 1.54) is 22.4 Å². The molecule has 24 heavy (non-hydrogen) atoms. The van der Waals surface area contributed by atoms with Gasteiger partial charge in [-0.25, -0.2) is 0 Å². The van der Waals surface area contributed by atoms with E-state index in [0.29, 0.717) is 0 Å². The van der Waals surface area contributed by atoms with Gasteiger partial charge >= 0.3 is 0 Å². The minimum atomic E-state index is 0. The number of piperazine rings is 1. The highest BCUT2D eigenvalue weighted by atomic mass is 35.5. The van der Waals surface area contributed by atoms with Crippen LogP contribution in [0, 0.1) is 0 Å². The predicted molar refractivity (Wildman–Crippen MR) is 111 cm³/mol. The second kappa shape index (κ2) is 7.03. The fourth-order valence-electron chi connectivity index (χ4n) is 3.48. The summed E-state index contributed by atoms with van der Waals surface area (Å²) in [6.07, 6.45) is 2.35. The lowest BCUT2D eigenvalue weighted by Crippen LogP contribution is -2.46. The van der Waals surface area contributed by atoms with Crippen LogP contribution in [0.4, 0.5) is 5.69 Å². The standard InChI is InChI=1S/C19H27N3S.ClH/c1-14-13-19(2,3)21(5)17-7-6-15(12-16(14)17)18(23)22-10-8-20(4)9-11-22;/h6-7,12-13H,8-11H2,1-5H3;1H. The molecular formula is C19H28ClN3S. The van der Waals surface area contributed by atoms with Gasteiger partial charge in [0.2, 0.25) is 0 Å². The Morgan fingerprint density at radius 3 is 2.33 bits per heavy atom. The number of hydrogen-bond acceptors (Lipinski definition) is 3. The van der Waals surface area contributed by atoms with Crippen LogP contribution < -0.4 is 4.90 Å². The molecule has 3 rings (SSSR count). The first kappa shape index (κ1) is 19.2. The molecule has 2 aliphatic rings. The van der Waals surface area contributed by atoms with Crippen molar-refractivity contribution in [2.75, 3.05) is 45.2 Å². The summed E-state index contributed by atoms with van der Waals surface area (Å²) in [4.78, 5) is 8.03. The first-order chi connectivity index (χ1) is 10.8. The third-order valence-electron chi connectivity index (χ3n) is 5.25. The van der Waals surface area contributed by atoms with Crippen molar-refractivity contribution in [2.45, 2.75) is 26.3 Å². The van der Waals surface area contributed by atoms with Crippen molar-refractivity contribution in [3.63, 3.8) is 0 Å². The molecule has 0 bridgehead atoms. The predicted octanol–water partition coefficient (Wildman–Crippen LogP) is 3.66. The van der Waals surface area contributed by atoms with E-state index in [0.717, 1.165) is 31.2 Å². The van der Waals surface area contributed by atoms with Crippen LogP contribution in [0.1, 0.15) is 31.9 Å². The van der Waals surface area contributed by atoms with Gasteiger partial charge in [-0.15, -0.1) is 12.4 Å². The largest absolute Gasteiger partial charge is 0.366 e. The van der Waals surface area contributed by atoms with Gasteiger partial charge in [-0.05, 0) is 51.6 Å². The molecule has 2 aliphatic heterocycles. The molecule has 0 spiro atoms.